The van der Waals surface area contributed by atoms with Gasteiger partial charge in [0.2, 0.25) is 0 Å². The van der Waals surface area contributed by atoms with Crippen molar-refractivity contribution in [1.29, 1.82) is 0 Å². The number of carboxylic acid groups (broad SMARTS) is 1. The number of carboxylic acids is 1. The Balaban J connectivity index is 1.04. The van der Waals surface area contributed by atoms with E-state index in [2.05, 4.69) is 21.7 Å². The number of amides is 1. The molecule has 4 fully saturated rings. The van der Waals surface area contributed by atoms with Crippen molar-refractivity contribution in [1.82, 2.24) is 9.80 Å². The minimum absolute atomic E-state index is 0.0371. The zero-order chi connectivity index (χ0) is 33.3. The van der Waals surface area contributed by atoms with E-state index < -0.39 is 11.8 Å². The van der Waals surface area contributed by atoms with Crippen LogP contribution in [0.15, 0.2) is 42.5 Å². The summed E-state index contributed by atoms with van der Waals surface area (Å²) in [6.07, 6.45) is 4.12. The van der Waals surface area contributed by atoms with Gasteiger partial charge in [-0.3, -0.25) is 4.79 Å². The lowest BCUT2D eigenvalue weighted by molar-refractivity contribution is 0.0516. The fraction of sp³-hybridized carbons (Fsp3) is 0.444. The van der Waals surface area contributed by atoms with E-state index in [1.165, 1.54) is 17.7 Å². The Labute approximate surface area is 288 Å². The van der Waals surface area contributed by atoms with E-state index in [-0.39, 0.29) is 58.0 Å². The summed E-state index contributed by atoms with van der Waals surface area (Å²) in [5, 5.41) is 10.6. The van der Waals surface area contributed by atoms with E-state index in [0.29, 0.717) is 41.2 Å². The first-order valence-electron chi connectivity index (χ1n) is 16.5. The molecule has 3 aromatic carbocycles. The van der Waals surface area contributed by atoms with Crippen molar-refractivity contribution in [2.45, 2.75) is 44.3 Å². The second-order valence-electron chi connectivity index (χ2n) is 14.0. The molecule has 2 bridgehead atoms. The van der Waals surface area contributed by atoms with Crippen LogP contribution in [0, 0.1) is 11.2 Å². The molecule has 4 saturated heterocycles. The van der Waals surface area contributed by atoms with Gasteiger partial charge in [0.05, 0.1) is 58.7 Å². The maximum absolute atomic E-state index is 15.7. The Kier molecular flexibility index (Phi) is 7.98. The number of hydrogen-bond donors (Lipinski definition) is 1. The third-order valence-electron chi connectivity index (χ3n) is 10.9. The molecule has 5 heterocycles. The Hall–Kier alpha value is -3.57. The lowest BCUT2D eigenvalue weighted by atomic mass is 9.72. The summed E-state index contributed by atoms with van der Waals surface area (Å²) in [6, 6.07) is 11.8. The number of carbonyl (C=O) groups excluding carboxylic acids is 1. The van der Waals surface area contributed by atoms with E-state index in [4.69, 9.17) is 32.7 Å². The molecule has 48 heavy (non-hydrogen) atoms. The molecular weight excluding hydrogens is 658 g/mol. The summed E-state index contributed by atoms with van der Waals surface area (Å²) >= 11 is 13.5. The molecule has 1 amide bonds. The summed E-state index contributed by atoms with van der Waals surface area (Å²) in [7, 11) is 2.16. The highest BCUT2D eigenvalue weighted by Crippen LogP contribution is 2.46. The number of ether oxygens (including phenoxy) is 2. The normalized spacial score (nSPS) is 23.1. The van der Waals surface area contributed by atoms with Crippen LogP contribution in [0.25, 0.3) is 11.1 Å². The van der Waals surface area contributed by atoms with E-state index in [1.54, 1.807) is 18.2 Å². The van der Waals surface area contributed by atoms with Crippen molar-refractivity contribution >= 4 is 46.5 Å². The highest BCUT2D eigenvalue weighted by Gasteiger charge is 2.45. The molecule has 0 aliphatic carbocycles. The van der Waals surface area contributed by atoms with Gasteiger partial charge in [-0.1, -0.05) is 41.4 Å². The number of nitrogens with zero attached hydrogens (tertiary/aromatic N) is 4. The first-order valence-corrected chi connectivity index (χ1v) is 17.3. The number of halogens is 3. The van der Waals surface area contributed by atoms with Crippen LogP contribution < -0.4 is 14.5 Å². The molecule has 0 saturated carbocycles. The average Bonchev–Trinajstić information content (AvgIpc) is 3.29. The second kappa shape index (κ2) is 12.1. The number of piperidine rings is 1. The number of morpholine rings is 1. The quantitative estimate of drug-likeness (QED) is 0.329. The molecule has 252 valence electrons. The van der Waals surface area contributed by atoms with Gasteiger partial charge in [0.1, 0.15) is 11.6 Å². The zero-order valence-corrected chi connectivity index (χ0v) is 28.2. The fourth-order valence-corrected chi connectivity index (χ4v) is 8.89. The molecule has 8 rings (SSSR count). The largest absolute Gasteiger partial charge is 0.478 e. The van der Waals surface area contributed by atoms with Crippen molar-refractivity contribution in [3.63, 3.8) is 0 Å². The van der Waals surface area contributed by atoms with E-state index in [9.17, 15) is 14.7 Å². The minimum atomic E-state index is -1.18. The van der Waals surface area contributed by atoms with Gasteiger partial charge >= 0.3 is 5.97 Å². The van der Waals surface area contributed by atoms with Crippen LogP contribution in [0.4, 0.5) is 15.8 Å². The van der Waals surface area contributed by atoms with Crippen LogP contribution in [-0.4, -0.2) is 92.0 Å². The number of aromatic carboxylic acids is 1. The van der Waals surface area contributed by atoms with E-state index >= 15 is 4.39 Å². The summed E-state index contributed by atoms with van der Waals surface area (Å²) in [5.41, 5.74) is 3.30. The maximum atomic E-state index is 15.7. The highest BCUT2D eigenvalue weighted by molar-refractivity contribution is 6.40. The Morgan fingerprint density at radius 2 is 1.67 bits per heavy atom. The second-order valence-corrected chi connectivity index (χ2v) is 14.8. The summed E-state index contributed by atoms with van der Waals surface area (Å²) in [5.74, 6) is -1.74. The predicted octanol–water partition coefficient (Wildman–Crippen LogP) is 6.39. The monoisotopic (exact) mass is 694 g/mol. The lowest BCUT2D eigenvalue weighted by Gasteiger charge is -2.54. The van der Waals surface area contributed by atoms with Crippen molar-refractivity contribution < 1.29 is 28.6 Å². The fourth-order valence-electron chi connectivity index (χ4n) is 8.25. The summed E-state index contributed by atoms with van der Waals surface area (Å²) in [4.78, 5) is 34.3. The number of hydrogen-bond acceptors (Lipinski definition) is 7. The van der Waals surface area contributed by atoms with Gasteiger partial charge in [-0.2, -0.15) is 0 Å². The third-order valence-corrected chi connectivity index (χ3v) is 11.5. The number of benzene rings is 3. The van der Waals surface area contributed by atoms with Gasteiger partial charge in [0.25, 0.3) is 5.91 Å². The minimum Gasteiger partial charge on any atom is -0.478 e. The van der Waals surface area contributed by atoms with Crippen LogP contribution in [0.1, 0.15) is 52.0 Å². The van der Waals surface area contributed by atoms with Crippen LogP contribution in [-0.2, 0) is 11.3 Å². The van der Waals surface area contributed by atoms with Gasteiger partial charge in [-0.25, -0.2) is 9.18 Å². The molecule has 5 aliphatic heterocycles. The van der Waals surface area contributed by atoms with Crippen LogP contribution >= 0.6 is 23.2 Å². The predicted molar refractivity (Wildman–Crippen MR) is 182 cm³/mol. The molecule has 5 aliphatic rings. The number of likely N-dealkylation sites (tertiary alicyclic amines) is 1. The zero-order valence-electron chi connectivity index (χ0n) is 26.7. The van der Waals surface area contributed by atoms with Gasteiger partial charge in [0.15, 0.2) is 6.73 Å². The van der Waals surface area contributed by atoms with Crippen LogP contribution in [0.3, 0.4) is 0 Å². The summed E-state index contributed by atoms with van der Waals surface area (Å²) < 4.78 is 27.6. The van der Waals surface area contributed by atoms with Crippen molar-refractivity contribution in [2.75, 3.05) is 63.0 Å². The average molecular weight is 696 g/mol. The molecule has 1 N–H and O–H groups in total. The topological polar surface area (TPSA) is 85.8 Å². The summed E-state index contributed by atoms with van der Waals surface area (Å²) in [6.45, 7) is 5.24. The molecular formula is C36H37Cl2FN4O5. The van der Waals surface area contributed by atoms with E-state index in [1.807, 2.05) is 18.2 Å². The SMILES string of the molecule is CN1CCC2(CC1)CN(c1cc(Cl)c(C(=O)N3COc4c(cccc4-c4cc(N5C6CCC5COC6)c(C(=O)O)cc4F)C3)c(Cl)c1)C2. The van der Waals surface area contributed by atoms with Gasteiger partial charge in [0, 0.05) is 40.9 Å². The molecule has 2 unspecified atom stereocenters. The van der Waals surface area contributed by atoms with E-state index in [0.717, 1.165) is 50.8 Å². The van der Waals surface area contributed by atoms with Gasteiger partial charge in [-0.05, 0) is 70.1 Å². The first-order chi connectivity index (χ1) is 23.1. The molecule has 2 atom stereocenters. The molecule has 0 radical (unpaired) electrons. The first kappa shape index (κ1) is 31.7. The number of para-hydroxylation sites is 1. The standard InChI is InChI=1S/C36H37Cl2FN4O5/c1-40-9-7-36(8-10-40)18-42(19-36)24-11-28(37)32(29(38)12-24)34(44)41-15-21-3-2-4-25(33(21)48-20-41)26-14-31(27(35(45)46)13-30(26)39)43-22-5-6-23(43)17-47-16-22/h2-4,11-14,22-23H,5-10,15-20H2,1H3,(H,45,46). The van der Waals surface area contributed by atoms with Crippen molar-refractivity contribution in [3.05, 3.63) is 75.0 Å². The molecule has 1 spiro atoms. The number of fused-ring (bicyclic) bond motifs is 3. The highest BCUT2D eigenvalue weighted by atomic mass is 35.5. The maximum Gasteiger partial charge on any atom is 0.337 e. The van der Waals surface area contributed by atoms with Crippen LogP contribution in [0.5, 0.6) is 5.75 Å². The van der Waals surface area contributed by atoms with Gasteiger partial charge in [-0.15, -0.1) is 0 Å². The molecule has 12 heteroatoms. The molecule has 0 aromatic heterocycles. The molecule has 3 aromatic rings. The number of anilines is 2. The van der Waals surface area contributed by atoms with Crippen molar-refractivity contribution in [2.24, 2.45) is 5.41 Å². The van der Waals surface area contributed by atoms with Gasteiger partial charge < -0.3 is 34.2 Å². The van der Waals surface area contributed by atoms with Crippen LogP contribution in [0.2, 0.25) is 10.0 Å². The Morgan fingerprint density at radius 3 is 2.33 bits per heavy atom. The number of rotatable bonds is 5. The number of carbonyl (C=O) groups is 2. The third kappa shape index (κ3) is 5.37. The smallest absolute Gasteiger partial charge is 0.337 e. The molecule has 9 nitrogen and oxygen atoms in total. The Morgan fingerprint density at radius 1 is 0.979 bits per heavy atom. The van der Waals surface area contributed by atoms with Crippen molar-refractivity contribution in [3.8, 4) is 16.9 Å². The Bertz CT molecular complexity index is 1770. The lowest BCUT2D eigenvalue weighted by Crippen LogP contribution is -2.60.